The molecule has 0 radical (unpaired) electrons. The first kappa shape index (κ1) is 16.7. The molecule has 0 aromatic heterocycles. The first-order chi connectivity index (χ1) is 8.94. The smallest absolute Gasteiger partial charge is 0.211 e. The molecule has 0 aliphatic carbocycles. The summed E-state index contributed by atoms with van der Waals surface area (Å²) in [5.74, 6) is 0.127. The molecule has 0 amide bonds. The Balaban J connectivity index is 2.41. The van der Waals surface area contributed by atoms with Crippen LogP contribution >= 0.6 is 23.2 Å². The minimum absolute atomic E-state index is 0.127. The Kier molecular flexibility index (Phi) is 7.10. The van der Waals surface area contributed by atoms with E-state index in [0.29, 0.717) is 36.0 Å². The molecule has 0 heterocycles. The molecular formula is C12H18Cl2N2O2S. The Labute approximate surface area is 124 Å². The number of hydrogen-bond donors (Lipinski definition) is 2. The van der Waals surface area contributed by atoms with Crippen LogP contribution in [0.1, 0.15) is 12.0 Å². The molecule has 7 heteroatoms. The number of rotatable bonds is 8. The summed E-state index contributed by atoms with van der Waals surface area (Å²) in [4.78, 5) is 0. The second kappa shape index (κ2) is 8.07. The van der Waals surface area contributed by atoms with Gasteiger partial charge in [0.25, 0.3) is 0 Å². The zero-order valence-electron chi connectivity index (χ0n) is 10.7. The monoisotopic (exact) mass is 324 g/mol. The van der Waals surface area contributed by atoms with Crippen molar-refractivity contribution in [1.29, 1.82) is 0 Å². The fraction of sp³-hybridized carbons (Fsp3) is 0.500. The third kappa shape index (κ3) is 6.58. The van der Waals surface area contributed by atoms with Crippen molar-refractivity contribution in [2.75, 3.05) is 25.9 Å². The lowest BCUT2D eigenvalue weighted by Crippen LogP contribution is -2.29. The molecule has 1 aromatic carbocycles. The van der Waals surface area contributed by atoms with Crippen molar-refractivity contribution in [1.82, 2.24) is 10.0 Å². The van der Waals surface area contributed by atoms with Crippen LogP contribution in [0.4, 0.5) is 0 Å². The maximum absolute atomic E-state index is 11.6. The predicted octanol–water partition coefficient (Wildman–Crippen LogP) is 2.06. The first-order valence-corrected chi connectivity index (χ1v) is 8.41. The van der Waals surface area contributed by atoms with Crippen LogP contribution in [-0.2, 0) is 16.4 Å². The van der Waals surface area contributed by atoms with E-state index in [1.165, 1.54) is 0 Å². The van der Waals surface area contributed by atoms with Gasteiger partial charge in [-0.05, 0) is 44.1 Å². The van der Waals surface area contributed by atoms with E-state index in [1.807, 2.05) is 0 Å². The fourth-order valence-corrected chi connectivity index (χ4v) is 3.16. The van der Waals surface area contributed by atoms with Crippen LogP contribution in [-0.4, -0.2) is 34.3 Å². The predicted molar refractivity (Wildman–Crippen MR) is 80.5 cm³/mol. The molecule has 0 fully saturated rings. The lowest BCUT2D eigenvalue weighted by Gasteiger charge is -2.08. The van der Waals surface area contributed by atoms with Gasteiger partial charge in [0.15, 0.2) is 0 Å². The molecule has 108 valence electrons. The van der Waals surface area contributed by atoms with Crippen LogP contribution in [0.25, 0.3) is 0 Å². The molecule has 1 rings (SSSR count). The van der Waals surface area contributed by atoms with E-state index in [1.54, 1.807) is 25.2 Å². The third-order valence-corrected chi connectivity index (χ3v) is 4.63. The van der Waals surface area contributed by atoms with E-state index in [4.69, 9.17) is 23.2 Å². The number of hydrogen-bond acceptors (Lipinski definition) is 3. The van der Waals surface area contributed by atoms with Crippen LogP contribution in [0.15, 0.2) is 18.2 Å². The highest BCUT2D eigenvalue weighted by molar-refractivity contribution is 7.89. The molecule has 0 unspecified atom stereocenters. The number of nitrogens with one attached hydrogen (secondary N) is 2. The lowest BCUT2D eigenvalue weighted by molar-refractivity contribution is 0.577. The summed E-state index contributed by atoms with van der Waals surface area (Å²) in [6, 6.07) is 5.20. The minimum atomic E-state index is -3.20. The van der Waals surface area contributed by atoms with E-state index >= 15 is 0 Å². The molecule has 0 spiro atoms. The van der Waals surface area contributed by atoms with Crippen LogP contribution in [0.2, 0.25) is 10.0 Å². The number of halogens is 2. The quantitative estimate of drug-likeness (QED) is 0.720. The van der Waals surface area contributed by atoms with Gasteiger partial charge in [-0.15, -0.1) is 0 Å². The van der Waals surface area contributed by atoms with E-state index in [2.05, 4.69) is 10.0 Å². The SMILES string of the molecule is CNCCCS(=O)(=O)NCCc1ccc(Cl)cc1Cl. The standard InChI is InChI=1S/C12H18Cl2N2O2S/c1-15-6-2-8-19(17,18)16-7-5-10-3-4-11(13)9-12(10)14/h3-4,9,15-16H,2,5-8H2,1H3. The maximum atomic E-state index is 11.6. The van der Waals surface area contributed by atoms with Crippen LogP contribution in [0.3, 0.4) is 0 Å². The molecule has 0 saturated heterocycles. The summed E-state index contributed by atoms with van der Waals surface area (Å²) >= 11 is 11.8. The topological polar surface area (TPSA) is 58.2 Å². The highest BCUT2D eigenvalue weighted by Gasteiger charge is 2.09. The molecule has 0 aliphatic heterocycles. The summed E-state index contributed by atoms with van der Waals surface area (Å²) in [5, 5.41) is 4.04. The molecule has 0 atom stereocenters. The van der Waals surface area contributed by atoms with Gasteiger partial charge in [-0.1, -0.05) is 29.3 Å². The summed E-state index contributed by atoms with van der Waals surface area (Å²) in [6.45, 7) is 1.02. The van der Waals surface area contributed by atoms with Crippen molar-refractivity contribution in [2.24, 2.45) is 0 Å². The highest BCUT2D eigenvalue weighted by Crippen LogP contribution is 2.21. The van der Waals surface area contributed by atoms with Crippen LogP contribution < -0.4 is 10.0 Å². The number of benzene rings is 1. The van der Waals surface area contributed by atoms with Crippen molar-refractivity contribution < 1.29 is 8.42 Å². The second-order valence-electron chi connectivity index (χ2n) is 4.16. The average molecular weight is 325 g/mol. The van der Waals surface area contributed by atoms with Crippen molar-refractivity contribution in [3.63, 3.8) is 0 Å². The fourth-order valence-electron chi connectivity index (χ4n) is 1.58. The van der Waals surface area contributed by atoms with Crippen molar-refractivity contribution in [2.45, 2.75) is 12.8 Å². The van der Waals surface area contributed by atoms with E-state index in [0.717, 1.165) is 5.56 Å². The van der Waals surface area contributed by atoms with Gasteiger partial charge in [0.2, 0.25) is 10.0 Å². The molecular weight excluding hydrogens is 307 g/mol. The Morgan fingerprint density at radius 3 is 2.58 bits per heavy atom. The summed E-state index contributed by atoms with van der Waals surface area (Å²) in [7, 11) is -1.41. The zero-order valence-corrected chi connectivity index (χ0v) is 13.1. The maximum Gasteiger partial charge on any atom is 0.211 e. The first-order valence-electron chi connectivity index (χ1n) is 6.00. The molecule has 19 heavy (non-hydrogen) atoms. The van der Waals surface area contributed by atoms with Gasteiger partial charge in [-0.2, -0.15) is 0 Å². The van der Waals surface area contributed by atoms with E-state index in [-0.39, 0.29) is 5.75 Å². The second-order valence-corrected chi connectivity index (χ2v) is 6.93. The van der Waals surface area contributed by atoms with Gasteiger partial charge < -0.3 is 5.32 Å². The normalized spacial score (nSPS) is 11.7. The number of sulfonamides is 1. The van der Waals surface area contributed by atoms with Gasteiger partial charge >= 0.3 is 0 Å². The largest absolute Gasteiger partial charge is 0.320 e. The molecule has 1 aromatic rings. The van der Waals surface area contributed by atoms with Crippen molar-refractivity contribution in [3.05, 3.63) is 33.8 Å². The van der Waals surface area contributed by atoms with Gasteiger partial charge in [0.05, 0.1) is 5.75 Å². The van der Waals surface area contributed by atoms with Gasteiger partial charge in [-0.3, -0.25) is 0 Å². The van der Waals surface area contributed by atoms with Crippen LogP contribution in [0, 0.1) is 0 Å². The average Bonchev–Trinajstić information content (AvgIpc) is 2.32. The molecule has 4 nitrogen and oxygen atoms in total. The van der Waals surface area contributed by atoms with Gasteiger partial charge in [0, 0.05) is 16.6 Å². The van der Waals surface area contributed by atoms with E-state index < -0.39 is 10.0 Å². The summed E-state index contributed by atoms with van der Waals surface area (Å²) < 4.78 is 25.8. The van der Waals surface area contributed by atoms with Gasteiger partial charge in [0.1, 0.15) is 0 Å². The van der Waals surface area contributed by atoms with Gasteiger partial charge in [-0.25, -0.2) is 13.1 Å². The van der Waals surface area contributed by atoms with E-state index in [9.17, 15) is 8.42 Å². The molecule has 0 aliphatic rings. The molecule has 2 N–H and O–H groups in total. The third-order valence-electron chi connectivity index (χ3n) is 2.57. The summed E-state index contributed by atoms with van der Waals surface area (Å²) in [5.41, 5.74) is 0.879. The van der Waals surface area contributed by atoms with Crippen molar-refractivity contribution >= 4 is 33.2 Å². The molecule has 0 bridgehead atoms. The minimum Gasteiger partial charge on any atom is -0.320 e. The van der Waals surface area contributed by atoms with Crippen molar-refractivity contribution in [3.8, 4) is 0 Å². The summed E-state index contributed by atoms with van der Waals surface area (Å²) in [6.07, 6.45) is 1.13. The van der Waals surface area contributed by atoms with Crippen LogP contribution in [0.5, 0.6) is 0 Å². The zero-order chi connectivity index (χ0) is 14.3. The Hall–Kier alpha value is -0.330. The molecule has 0 saturated carbocycles. The Morgan fingerprint density at radius 1 is 1.21 bits per heavy atom. The lowest BCUT2D eigenvalue weighted by atomic mass is 10.1. The highest BCUT2D eigenvalue weighted by atomic mass is 35.5. The Bertz CT molecular complexity index is 506. The Morgan fingerprint density at radius 2 is 1.95 bits per heavy atom.